The van der Waals surface area contributed by atoms with Crippen LogP contribution >= 0.6 is 0 Å². The molecule has 2 fully saturated rings. The van der Waals surface area contributed by atoms with Crippen LogP contribution in [0.2, 0.25) is 0 Å². The van der Waals surface area contributed by atoms with Gasteiger partial charge in [0, 0.05) is 59.8 Å². The van der Waals surface area contributed by atoms with Gasteiger partial charge in [-0.1, -0.05) is 18.2 Å². The first-order valence-electron chi connectivity index (χ1n) is 16.1. The Morgan fingerprint density at radius 3 is 1.55 bits per heavy atom. The highest BCUT2D eigenvalue weighted by Crippen LogP contribution is 2.38. The minimum absolute atomic E-state index is 0.0122. The van der Waals surface area contributed by atoms with E-state index >= 15 is 0 Å². The molecule has 248 valence electrons. The molecule has 2 saturated heterocycles. The number of aliphatic hydroxyl groups is 1. The van der Waals surface area contributed by atoms with E-state index in [2.05, 4.69) is 9.80 Å². The maximum atomic E-state index is 14.4. The molecule has 0 radical (unpaired) electrons. The van der Waals surface area contributed by atoms with Gasteiger partial charge in [0.15, 0.2) is 0 Å². The molecule has 0 spiro atoms. The van der Waals surface area contributed by atoms with Gasteiger partial charge >= 0.3 is 5.97 Å². The van der Waals surface area contributed by atoms with Crippen molar-refractivity contribution in [3.63, 3.8) is 0 Å². The SMILES string of the molecule is COc1ccc(F)c(-c2ccc(C(=O)O)cc2N2CCCCC2)c1.COc1ccc(F)c(-c2ccc(CO)cc2N2CCCCC2)c1. The van der Waals surface area contributed by atoms with Crippen LogP contribution in [0.4, 0.5) is 20.2 Å². The number of benzene rings is 4. The summed E-state index contributed by atoms with van der Waals surface area (Å²) >= 11 is 0. The second-order valence-electron chi connectivity index (χ2n) is 11.8. The molecule has 2 N–H and O–H groups in total. The molecule has 4 aromatic carbocycles. The van der Waals surface area contributed by atoms with Gasteiger partial charge in [0.25, 0.3) is 0 Å². The second-order valence-corrected chi connectivity index (χ2v) is 11.8. The van der Waals surface area contributed by atoms with Crippen LogP contribution in [0.3, 0.4) is 0 Å². The number of carbonyl (C=O) groups is 1. The van der Waals surface area contributed by atoms with Gasteiger partial charge < -0.3 is 29.5 Å². The normalized spacial score (nSPS) is 14.7. The van der Waals surface area contributed by atoms with E-state index in [1.54, 1.807) is 43.5 Å². The number of hydrogen-bond acceptors (Lipinski definition) is 6. The number of methoxy groups -OCH3 is 2. The number of aromatic carboxylic acids is 1. The third kappa shape index (κ3) is 8.03. The molecule has 0 unspecified atom stereocenters. The highest BCUT2D eigenvalue weighted by atomic mass is 19.1. The smallest absolute Gasteiger partial charge is 0.335 e. The molecule has 4 aromatic rings. The van der Waals surface area contributed by atoms with E-state index in [0.29, 0.717) is 28.2 Å². The first kappa shape index (κ1) is 33.7. The lowest BCUT2D eigenvalue weighted by Gasteiger charge is -2.31. The Balaban J connectivity index is 0.000000185. The van der Waals surface area contributed by atoms with Crippen molar-refractivity contribution < 1.29 is 33.3 Å². The Morgan fingerprint density at radius 2 is 1.11 bits per heavy atom. The Hall–Kier alpha value is -4.63. The van der Waals surface area contributed by atoms with Crippen LogP contribution < -0.4 is 19.3 Å². The van der Waals surface area contributed by atoms with Crippen molar-refractivity contribution in [2.24, 2.45) is 0 Å². The van der Waals surface area contributed by atoms with Crippen LogP contribution in [0, 0.1) is 11.6 Å². The Kier molecular flexibility index (Phi) is 11.3. The van der Waals surface area contributed by atoms with Crippen LogP contribution in [0.25, 0.3) is 22.3 Å². The third-order valence-electron chi connectivity index (χ3n) is 8.81. The average molecular weight is 645 g/mol. The minimum Gasteiger partial charge on any atom is -0.497 e. The molecule has 0 saturated carbocycles. The summed E-state index contributed by atoms with van der Waals surface area (Å²) in [6.07, 6.45) is 6.79. The molecule has 2 aliphatic rings. The molecule has 7 nitrogen and oxygen atoms in total. The van der Waals surface area contributed by atoms with E-state index < -0.39 is 5.97 Å². The van der Waals surface area contributed by atoms with Crippen molar-refractivity contribution in [1.82, 2.24) is 0 Å². The van der Waals surface area contributed by atoms with Gasteiger partial charge in [-0.05, 0) is 98.7 Å². The van der Waals surface area contributed by atoms with E-state index in [1.165, 1.54) is 31.7 Å². The number of carboxylic acids is 1. The molecule has 0 atom stereocenters. The lowest BCUT2D eigenvalue weighted by Crippen LogP contribution is -2.30. The summed E-state index contributed by atoms with van der Waals surface area (Å²) in [5.41, 5.74) is 5.31. The number of halogens is 2. The molecule has 0 aromatic heterocycles. The highest BCUT2D eigenvalue weighted by molar-refractivity contribution is 5.92. The van der Waals surface area contributed by atoms with Gasteiger partial charge in [-0.2, -0.15) is 0 Å². The van der Waals surface area contributed by atoms with Gasteiger partial charge in [0.1, 0.15) is 23.1 Å². The Labute approximate surface area is 275 Å². The number of rotatable bonds is 8. The van der Waals surface area contributed by atoms with Gasteiger partial charge in [-0.25, -0.2) is 13.6 Å². The summed E-state index contributed by atoms with van der Waals surface area (Å²) in [4.78, 5) is 15.8. The topological polar surface area (TPSA) is 82.5 Å². The zero-order chi connectivity index (χ0) is 33.3. The molecule has 0 amide bonds. The van der Waals surface area contributed by atoms with Gasteiger partial charge in [0.2, 0.25) is 0 Å². The highest BCUT2D eigenvalue weighted by Gasteiger charge is 2.21. The molecule has 2 aliphatic heterocycles. The summed E-state index contributed by atoms with van der Waals surface area (Å²) in [6.45, 7) is 3.62. The molecule has 2 heterocycles. The van der Waals surface area contributed by atoms with E-state index in [-0.39, 0.29) is 23.8 Å². The molecule has 6 rings (SSSR count). The second kappa shape index (κ2) is 15.8. The van der Waals surface area contributed by atoms with Crippen LogP contribution in [-0.2, 0) is 6.61 Å². The summed E-state index contributed by atoms with van der Waals surface area (Å²) in [5.74, 6) is -0.389. The van der Waals surface area contributed by atoms with Crippen molar-refractivity contribution in [2.75, 3.05) is 50.2 Å². The molecule has 0 bridgehead atoms. The van der Waals surface area contributed by atoms with Crippen LogP contribution in [0.1, 0.15) is 54.4 Å². The lowest BCUT2D eigenvalue weighted by atomic mass is 9.98. The quantitative estimate of drug-likeness (QED) is 0.200. The van der Waals surface area contributed by atoms with Crippen molar-refractivity contribution in [2.45, 2.75) is 45.1 Å². The predicted octanol–water partition coefficient (Wildman–Crippen LogP) is 8.17. The van der Waals surface area contributed by atoms with Crippen LogP contribution in [0.5, 0.6) is 11.5 Å². The number of carboxylic acid groups (broad SMARTS) is 1. The summed E-state index contributed by atoms with van der Waals surface area (Å²) in [7, 11) is 3.12. The van der Waals surface area contributed by atoms with E-state index in [0.717, 1.165) is 80.8 Å². The van der Waals surface area contributed by atoms with Gasteiger partial charge in [-0.15, -0.1) is 0 Å². The predicted molar refractivity (Wildman–Crippen MR) is 182 cm³/mol. The number of aliphatic hydroxyl groups excluding tert-OH is 1. The number of nitrogens with zero attached hydrogens (tertiary/aromatic N) is 2. The fourth-order valence-electron chi connectivity index (χ4n) is 6.26. The monoisotopic (exact) mass is 644 g/mol. The number of ether oxygens (including phenoxy) is 2. The first-order chi connectivity index (χ1) is 22.8. The fourth-order valence-corrected chi connectivity index (χ4v) is 6.26. The fraction of sp³-hybridized carbons (Fsp3) is 0.342. The van der Waals surface area contributed by atoms with E-state index in [4.69, 9.17) is 9.47 Å². The average Bonchev–Trinajstić information content (AvgIpc) is 3.12. The number of piperidine rings is 2. The van der Waals surface area contributed by atoms with E-state index in [9.17, 15) is 23.8 Å². The zero-order valence-corrected chi connectivity index (χ0v) is 27.0. The first-order valence-corrected chi connectivity index (χ1v) is 16.1. The summed E-state index contributed by atoms with van der Waals surface area (Å²) < 4.78 is 39.3. The van der Waals surface area contributed by atoms with Gasteiger partial charge in [-0.3, -0.25) is 0 Å². The Bertz CT molecular complexity index is 1680. The van der Waals surface area contributed by atoms with Crippen molar-refractivity contribution in [1.29, 1.82) is 0 Å². The van der Waals surface area contributed by atoms with Crippen molar-refractivity contribution >= 4 is 17.3 Å². The molecule has 47 heavy (non-hydrogen) atoms. The lowest BCUT2D eigenvalue weighted by molar-refractivity contribution is 0.0697. The maximum absolute atomic E-state index is 14.4. The number of anilines is 2. The van der Waals surface area contributed by atoms with Crippen LogP contribution in [-0.4, -0.2) is 56.6 Å². The number of hydrogen-bond donors (Lipinski definition) is 2. The summed E-state index contributed by atoms with van der Waals surface area (Å²) in [5, 5.41) is 18.7. The molecular formula is C38H42F2N2O5. The summed E-state index contributed by atoms with van der Waals surface area (Å²) in [6, 6.07) is 20.0. The van der Waals surface area contributed by atoms with E-state index in [1.807, 2.05) is 18.2 Å². The minimum atomic E-state index is -0.981. The van der Waals surface area contributed by atoms with Gasteiger partial charge in [0.05, 0.1) is 26.4 Å². The molecule has 9 heteroatoms. The molecule has 0 aliphatic carbocycles. The standard InChI is InChI=1S/C19H20FNO3.C19H22FNO2/c1-24-14-6-8-17(20)16(12-14)15-7-5-13(19(22)23)11-18(15)21-9-3-2-4-10-21;1-23-15-6-8-18(20)17(12-15)16-7-5-14(13-22)11-19(16)21-9-3-2-4-10-21/h5-8,11-12H,2-4,9-10H2,1H3,(H,22,23);5-8,11-12,22H,2-4,9-10,13H2,1H3. The Morgan fingerprint density at radius 1 is 0.638 bits per heavy atom. The maximum Gasteiger partial charge on any atom is 0.335 e. The van der Waals surface area contributed by atoms with Crippen molar-refractivity contribution in [3.8, 4) is 33.8 Å². The molecular weight excluding hydrogens is 602 g/mol. The van der Waals surface area contributed by atoms with Crippen LogP contribution in [0.15, 0.2) is 72.8 Å². The van der Waals surface area contributed by atoms with Crippen molar-refractivity contribution in [3.05, 3.63) is 95.6 Å². The third-order valence-corrected chi connectivity index (χ3v) is 8.81. The largest absolute Gasteiger partial charge is 0.497 e. The zero-order valence-electron chi connectivity index (χ0n) is 27.0.